The number of methoxy groups -OCH3 is 2. The average Bonchev–Trinajstić information content (AvgIpc) is 2.96. The van der Waals surface area contributed by atoms with Crippen LogP contribution in [0.15, 0.2) is 24.3 Å². The van der Waals surface area contributed by atoms with E-state index in [9.17, 15) is 0 Å². The van der Waals surface area contributed by atoms with Gasteiger partial charge in [-0.2, -0.15) is 15.0 Å². The molecular weight excluding hydrogens is 318 g/mol. The van der Waals surface area contributed by atoms with Gasteiger partial charge in [0.25, 0.3) is 0 Å². The fourth-order valence-electron chi connectivity index (χ4n) is 2.89. The van der Waals surface area contributed by atoms with Gasteiger partial charge < -0.3 is 19.7 Å². The topological polar surface area (TPSA) is 72.4 Å². The van der Waals surface area contributed by atoms with Gasteiger partial charge >= 0.3 is 6.01 Å². The Morgan fingerprint density at radius 3 is 2.52 bits per heavy atom. The Morgan fingerprint density at radius 1 is 1.00 bits per heavy atom. The van der Waals surface area contributed by atoms with Crippen LogP contribution in [0, 0.1) is 0 Å². The lowest BCUT2D eigenvalue weighted by Gasteiger charge is -2.20. The number of hydrogen-bond acceptors (Lipinski definition) is 7. The van der Waals surface area contributed by atoms with Gasteiger partial charge in [0.2, 0.25) is 11.9 Å². The predicted octanol–water partition coefficient (Wildman–Crippen LogP) is 2.88. The zero-order valence-corrected chi connectivity index (χ0v) is 14.9. The van der Waals surface area contributed by atoms with Crippen LogP contribution in [-0.2, 0) is 6.54 Å². The zero-order valence-electron chi connectivity index (χ0n) is 14.9. The second kappa shape index (κ2) is 8.50. The summed E-state index contributed by atoms with van der Waals surface area (Å²) in [7, 11) is 3.24. The summed E-state index contributed by atoms with van der Waals surface area (Å²) in [6, 6.07) is 8.24. The Bertz CT molecular complexity index is 687. The molecule has 0 amide bonds. The van der Waals surface area contributed by atoms with E-state index >= 15 is 0 Å². The maximum absolute atomic E-state index is 5.26. The van der Waals surface area contributed by atoms with Crippen LogP contribution < -0.4 is 19.7 Å². The van der Waals surface area contributed by atoms with E-state index in [0.717, 1.165) is 24.4 Å². The fourth-order valence-corrected chi connectivity index (χ4v) is 2.89. The van der Waals surface area contributed by atoms with Crippen LogP contribution in [0.2, 0.25) is 0 Å². The highest BCUT2D eigenvalue weighted by molar-refractivity contribution is 5.39. The molecule has 0 spiro atoms. The van der Waals surface area contributed by atoms with E-state index < -0.39 is 0 Å². The first-order valence-corrected chi connectivity index (χ1v) is 8.70. The van der Waals surface area contributed by atoms with Crippen LogP contribution in [0.25, 0.3) is 0 Å². The Hall–Kier alpha value is -2.57. The van der Waals surface area contributed by atoms with Gasteiger partial charge in [-0.25, -0.2) is 0 Å². The predicted molar refractivity (Wildman–Crippen MR) is 97.4 cm³/mol. The number of hydrogen-bond donors (Lipinski definition) is 1. The lowest BCUT2D eigenvalue weighted by atomic mass is 10.2. The van der Waals surface area contributed by atoms with Gasteiger partial charge in [-0.05, 0) is 30.5 Å². The molecule has 7 heteroatoms. The normalized spacial score (nSPS) is 14.7. The summed E-state index contributed by atoms with van der Waals surface area (Å²) in [6.45, 7) is 2.55. The van der Waals surface area contributed by atoms with Crippen molar-refractivity contribution in [2.45, 2.75) is 32.2 Å². The largest absolute Gasteiger partial charge is 0.497 e. The van der Waals surface area contributed by atoms with E-state index in [2.05, 4.69) is 25.2 Å². The fraction of sp³-hybridized carbons (Fsp3) is 0.500. The first kappa shape index (κ1) is 17.3. The quantitative estimate of drug-likeness (QED) is 0.864. The number of rotatable bonds is 6. The van der Waals surface area contributed by atoms with Gasteiger partial charge in [-0.15, -0.1) is 0 Å². The smallest absolute Gasteiger partial charge is 0.322 e. The summed E-state index contributed by atoms with van der Waals surface area (Å²) < 4.78 is 10.5. The Kier molecular flexibility index (Phi) is 5.87. The molecule has 7 nitrogen and oxygen atoms in total. The Morgan fingerprint density at radius 2 is 1.80 bits per heavy atom. The highest BCUT2D eigenvalue weighted by atomic mass is 16.5. The SMILES string of the molecule is COc1cccc(CNc2nc(OC)nc(N3CCCCCC3)n2)c1. The second-order valence-corrected chi connectivity index (χ2v) is 6.05. The van der Waals surface area contributed by atoms with Crippen molar-refractivity contribution in [3.63, 3.8) is 0 Å². The van der Waals surface area contributed by atoms with Gasteiger partial charge in [0.1, 0.15) is 5.75 Å². The van der Waals surface area contributed by atoms with E-state index in [-0.39, 0.29) is 0 Å². The second-order valence-electron chi connectivity index (χ2n) is 6.05. The number of ether oxygens (including phenoxy) is 2. The average molecular weight is 343 g/mol. The van der Waals surface area contributed by atoms with Crippen molar-refractivity contribution in [1.82, 2.24) is 15.0 Å². The van der Waals surface area contributed by atoms with Gasteiger partial charge in [0.15, 0.2) is 0 Å². The molecule has 1 aromatic heterocycles. The first-order valence-electron chi connectivity index (χ1n) is 8.70. The highest BCUT2D eigenvalue weighted by Crippen LogP contribution is 2.20. The Labute approximate surface area is 148 Å². The van der Waals surface area contributed by atoms with Crippen molar-refractivity contribution in [1.29, 1.82) is 0 Å². The number of aromatic nitrogens is 3. The van der Waals surface area contributed by atoms with Gasteiger partial charge in [-0.1, -0.05) is 25.0 Å². The summed E-state index contributed by atoms with van der Waals surface area (Å²) in [5.74, 6) is 2.04. The zero-order chi connectivity index (χ0) is 17.5. The number of nitrogens with zero attached hydrogens (tertiary/aromatic N) is 4. The van der Waals surface area contributed by atoms with Crippen molar-refractivity contribution in [2.75, 3.05) is 37.5 Å². The standard InChI is InChI=1S/C18H25N5O2/c1-24-15-9-7-8-14(12-15)13-19-16-20-17(22-18(21-16)25-2)23-10-5-3-4-6-11-23/h7-9,12H,3-6,10-11,13H2,1-2H3,(H,19,20,21,22). The van der Waals surface area contributed by atoms with E-state index in [0.29, 0.717) is 24.5 Å². The molecule has 1 N–H and O–H groups in total. The highest BCUT2D eigenvalue weighted by Gasteiger charge is 2.15. The van der Waals surface area contributed by atoms with Crippen molar-refractivity contribution < 1.29 is 9.47 Å². The Balaban J connectivity index is 1.74. The molecule has 2 aromatic rings. The molecule has 0 atom stereocenters. The van der Waals surface area contributed by atoms with E-state index in [4.69, 9.17) is 9.47 Å². The minimum absolute atomic E-state index is 0.336. The van der Waals surface area contributed by atoms with Crippen LogP contribution in [0.4, 0.5) is 11.9 Å². The minimum atomic E-state index is 0.336. The molecule has 0 radical (unpaired) electrons. The summed E-state index contributed by atoms with van der Waals surface area (Å²) in [5, 5.41) is 3.26. The molecule has 1 aliphatic heterocycles. The monoisotopic (exact) mass is 343 g/mol. The third kappa shape index (κ3) is 4.71. The summed E-state index contributed by atoms with van der Waals surface area (Å²) in [4.78, 5) is 15.5. The van der Waals surface area contributed by atoms with Crippen LogP contribution in [0.3, 0.4) is 0 Å². The lowest BCUT2D eigenvalue weighted by Crippen LogP contribution is -2.26. The van der Waals surface area contributed by atoms with Crippen molar-refractivity contribution >= 4 is 11.9 Å². The molecular formula is C18H25N5O2. The van der Waals surface area contributed by atoms with E-state index in [1.807, 2.05) is 24.3 Å². The number of anilines is 2. The minimum Gasteiger partial charge on any atom is -0.497 e. The van der Waals surface area contributed by atoms with Crippen LogP contribution >= 0.6 is 0 Å². The maximum Gasteiger partial charge on any atom is 0.322 e. The van der Waals surface area contributed by atoms with E-state index in [1.54, 1.807) is 14.2 Å². The molecule has 0 unspecified atom stereocenters. The summed E-state index contributed by atoms with van der Waals surface area (Å²) in [6.07, 6.45) is 4.86. The molecule has 25 heavy (non-hydrogen) atoms. The van der Waals surface area contributed by atoms with Gasteiger partial charge in [-0.3, -0.25) is 0 Å². The maximum atomic E-state index is 5.26. The van der Waals surface area contributed by atoms with Crippen molar-refractivity contribution in [3.8, 4) is 11.8 Å². The van der Waals surface area contributed by atoms with Crippen LogP contribution in [-0.4, -0.2) is 42.3 Å². The summed E-state index contributed by atoms with van der Waals surface area (Å²) >= 11 is 0. The molecule has 0 aliphatic carbocycles. The molecule has 0 bridgehead atoms. The lowest BCUT2D eigenvalue weighted by molar-refractivity contribution is 0.378. The van der Waals surface area contributed by atoms with Crippen molar-refractivity contribution in [2.24, 2.45) is 0 Å². The van der Waals surface area contributed by atoms with Gasteiger partial charge in [0, 0.05) is 19.6 Å². The number of benzene rings is 1. The summed E-state index contributed by atoms with van der Waals surface area (Å²) in [5.41, 5.74) is 1.09. The number of nitrogens with one attached hydrogen (secondary N) is 1. The molecule has 2 heterocycles. The van der Waals surface area contributed by atoms with Crippen LogP contribution in [0.1, 0.15) is 31.2 Å². The molecule has 1 aromatic carbocycles. The molecule has 1 saturated heterocycles. The van der Waals surface area contributed by atoms with Crippen LogP contribution in [0.5, 0.6) is 11.8 Å². The van der Waals surface area contributed by atoms with Crippen molar-refractivity contribution in [3.05, 3.63) is 29.8 Å². The van der Waals surface area contributed by atoms with Gasteiger partial charge in [0.05, 0.1) is 14.2 Å². The first-order chi connectivity index (χ1) is 12.3. The molecule has 1 aliphatic rings. The molecule has 3 rings (SSSR count). The molecule has 0 saturated carbocycles. The third-order valence-electron chi connectivity index (χ3n) is 4.26. The molecule has 134 valence electrons. The third-order valence-corrected chi connectivity index (χ3v) is 4.26. The molecule has 1 fully saturated rings. The van der Waals surface area contributed by atoms with E-state index in [1.165, 1.54) is 25.7 Å².